The number of rotatable bonds is 1. The monoisotopic (exact) mass is 127 g/mol. The van der Waals surface area contributed by atoms with Crippen molar-refractivity contribution in [3.05, 3.63) is 11.8 Å². The van der Waals surface area contributed by atoms with Crippen LogP contribution in [0.4, 0.5) is 0 Å². The average molecular weight is 127 g/mol. The number of allylic oxidation sites excluding steroid dienone is 2. The topological polar surface area (TPSA) is 43.1 Å². The predicted molar refractivity (Wildman–Crippen MR) is 37.8 cm³/mol. The van der Waals surface area contributed by atoms with Gasteiger partial charge in [-0.15, -0.1) is 0 Å². The molecule has 2 nitrogen and oxygen atoms in total. The third kappa shape index (κ3) is 5.07. The van der Waals surface area contributed by atoms with E-state index in [4.69, 9.17) is 5.73 Å². The molecular weight excluding hydrogens is 114 g/mol. The van der Waals surface area contributed by atoms with E-state index in [1.165, 1.54) is 0 Å². The van der Waals surface area contributed by atoms with Crippen molar-refractivity contribution in [1.82, 2.24) is 0 Å². The second kappa shape index (κ2) is 2.67. The van der Waals surface area contributed by atoms with Crippen LogP contribution in [0.25, 0.3) is 0 Å². The van der Waals surface area contributed by atoms with Gasteiger partial charge in [0.2, 0.25) is 0 Å². The number of aldehydes is 1. The minimum absolute atomic E-state index is 0.00495. The summed E-state index contributed by atoms with van der Waals surface area (Å²) >= 11 is 0. The van der Waals surface area contributed by atoms with Gasteiger partial charge in [0.1, 0.15) is 0 Å². The van der Waals surface area contributed by atoms with Crippen molar-refractivity contribution in [2.24, 2.45) is 11.1 Å². The molecule has 0 aromatic rings. The van der Waals surface area contributed by atoms with Gasteiger partial charge in [-0.25, -0.2) is 0 Å². The lowest BCUT2D eigenvalue weighted by Gasteiger charge is -2.11. The van der Waals surface area contributed by atoms with E-state index >= 15 is 0 Å². The van der Waals surface area contributed by atoms with E-state index in [2.05, 4.69) is 0 Å². The third-order valence-electron chi connectivity index (χ3n) is 0.736. The zero-order chi connectivity index (χ0) is 7.49. The molecule has 0 amide bonds. The molecule has 2 heteroatoms. The maximum atomic E-state index is 9.99. The van der Waals surface area contributed by atoms with Crippen molar-refractivity contribution >= 4 is 6.29 Å². The fourth-order valence-corrected chi connectivity index (χ4v) is 0.534. The van der Waals surface area contributed by atoms with Crippen molar-refractivity contribution < 1.29 is 4.79 Å². The zero-order valence-corrected chi connectivity index (χ0v) is 6.14. The summed E-state index contributed by atoms with van der Waals surface area (Å²) in [5.74, 6) is 0. The maximum Gasteiger partial charge on any atom is 0.165 e. The van der Waals surface area contributed by atoms with Crippen LogP contribution in [0.3, 0.4) is 0 Å². The van der Waals surface area contributed by atoms with Crippen molar-refractivity contribution in [3.8, 4) is 0 Å². The van der Waals surface area contributed by atoms with E-state index in [0.29, 0.717) is 12.0 Å². The van der Waals surface area contributed by atoms with Crippen molar-refractivity contribution in [2.45, 2.75) is 20.8 Å². The Kier molecular flexibility index (Phi) is 2.43. The summed E-state index contributed by atoms with van der Waals surface area (Å²) in [4.78, 5) is 9.99. The van der Waals surface area contributed by atoms with Gasteiger partial charge >= 0.3 is 0 Å². The van der Waals surface area contributed by atoms with E-state index in [-0.39, 0.29) is 5.41 Å². The van der Waals surface area contributed by atoms with Crippen LogP contribution in [-0.4, -0.2) is 6.29 Å². The summed E-state index contributed by atoms with van der Waals surface area (Å²) in [5, 5.41) is 0. The molecule has 0 saturated heterocycles. The van der Waals surface area contributed by atoms with Crippen LogP contribution in [-0.2, 0) is 4.79 Å². The second-order valence-electron chi connectivity index (χ2n) is 3.13. The van der Waals surface area contributed by atoms with E-state index in [1.807, 2.05) is 20.8 Å². The molecule has 52 valence electrons. The fourth-order valence-electron chi connectivity index (χ4n) is 0.534. The Morgan fingerprint density at radius 1 is 1.44 bits per heavy atom. The fraction of sp³-hybridized carbons (Fsp3) is 0.571. The van der Waals surface area contributed by atoms with E-state index in [1.54, 1.807) is 6.08 Å². The molecule has 0 atom stereocenters. The number of hydrogen-bond acceptors (Lipinski definition) is 2. The molecule has 0 aliphatic rings. The molecule has 0 aromatic heterocycles. The molecule has 0 spiro atoms. The highest BCUT2D eigenvalue weighted by Crippen LogP contribution is 2.14. The Hall–Kier alpha value is -0.790. The molecule has 0 rings (SSSR count). The Bertz CT molecular complexity index is 130. The van der Waals surface area contributed by atoms with E-state index < -0.39 is 0 Å². The first kappa shape index (κ1) is 8.21. The van der Waals surface area contributed by atoms with Crippen LogP contribution in [0.1, 0.15) is 20.8 Å². The van der Waals surface area contributed by atoms with Crippen LogP contribution in [0.5, 0.6) is 0 Å². The van der Waals surface area contributed by atoms with E-state index in [9.17, 15) is 4.79 Å². The lowest BCUT2D eigenvalue weighted by Crippen LogP contribution is -2.07. The van der Waals surface area contributed by atoms with Gasteiger partial charge in [-0.3, -0.25) is 4.79 Å². The van der Waals surface area contributed by atoms with Gasteiger partial charge < -0.3 is 5.73 Å². The first-order valence-corrected chi connectivity index (χ1v) is 2.89. The molecule has 2 N–H and O–H groups in total. The third-order valence-corrected chi connectivity index (χ3v) is 0.736. The second-order valence-corrected chi connectivity index (χ2v) is 3.13. The quantitative estimate of drug-likeness (QED) is 0.423. The van der Waals surface area contributed by atoms with Gasteiger partial charge in [-0.2, -0.15) is 0 Å². The average Bonchev–Trinajstić information content (AvgIpc) is 1.62. The first-order valence-electron chi connectivity index (χ1n) is 2.89. The largest absolute Gasteiger partial charge is 0.396 e. The SMILES string of the molecule is CC(C)(C)/C=C(/N)C=O. The predicted octanol–water partition coefficient (Wildman–Crippen LogP) is 1.07. The van der Waals surface area contributed by atoms with Crippen LogP contribution >= 0.6 is 0 Å². The van der Waals surface area contributed by atoms with Gasteiger partial charge in [0.25, 0.3) is 0 Å². The normalized spacial score (nSPS) is 13.4. The molecule has 0 aromatic carbocycles. The number of carbonyl (C=O) groups excluding carboxylic acids is 1. The van der Waals surface area contributed by atoms with Crippen molar-refractivity contribution in [1.29, 1.82) is 0 Å². The minimum atomic E-state index is 0.00495. The van der Waals surface area contributed by atoms with Crippen molar-refractivity contribution in [3.63, 3.8) is 0 Å². The summed E-state index contributed by atoms with van der Waals surface area (Å²) in [5.41, 5.74) is 5.56. The Balaban J connectivity index is 4.11. The zero-order valence-electron chi connectivity index (χ0n) is 6.14. The van der Waals surface area contributed by atoms with E-state index in [0.717, 1.165) is 0 Å². The summed E-state index contributed by atoms with van der Waals surface area (Å²) in [6, 6.07) is 0. The maximum absolute atomic E-state index is 9.99. The highest BCUT2D eigenvalue weighted by Gasteiger charge is 2.05. The molecular formula is C7H13NO. The lowest BCUT2D eigenvalue weighted by atomic mass is 9.96. The molecule has 9 heavy (non-hydrogen) atoms. The van der Waals surface area contributed by atoms with Crippen LogP contribution < -0.4 is 5.73 Å². The Morgan fingerprint density at radius 2 is 1.89 bits per heavy atom. The summed E-state index contributed by atoms with van der Waals surface area (Å²) in [7, 11) is 0. The molecule has 0 bridgehead atoms. The molecule has 0 radical (unpaired) electrons. The summed E-state index contributed by atoms with van der Waals surface area (Å²) < 4.78 is 0. The summed E-state index contributed by atoms with van der Waals surface area (Å²) in [6.07, 6.45) is 2.39. The first-order chi connectivity index (χ1) is 3.95. The molecule has 0 fully saturated rings. The number of carbonyl (C=O) groups is 1. The van der Waals surface area contributed by atoms with Crippen LogP contribution in [0.2, 0.25) is 0 Å². The van der Waals surface area contributed by atoms with Gasteiger partial charge in [0, 0.05) is 0 Å². The van der Waals surface area contributed by atoms with Gasteiger partial charge in [-0.05, 0) is 5.41 Å². The standard InChI is InChI=1S/C7H13NO/c1-7(2,3)4-6(8)5-9/h4-5H,8H2,1-3H3/b6-4+. The molecule has 0 saturated carbocycles. The van der Waals surface area contributed by atoms with Crippen LogP contribution in [0, 0.1) is 5.41 Å². The molecule has 0 heterocycles. The van der Waals surface area contributed by atoms with Gasteiger partial charge in [0.05, 0.1) is 5.70 Å². The van der Waals surface area contributed by atoms with Crippen molar-refractivity contribution in [2.75, 3.05) is 0 Å². The number of nitrogens with two attached hydrogens (primary N) is 1. The van der Waals surface area contributed by atoms with Gasteiger partial charge in [0.15, 0.2) is 6.29 Å². The smallest absolute Gasteiger partial charge is 0.165 e. The number of hydrogen-bond donors (Lipinski definition) is 1. The lowest BCUT2D eigenvalue weighted by molar-refractivity contribution is -0.105. The highest BCUT2D eigenvalue weighted by molar-refractivity contribution is 5.71. The molecule has 0 aliphatic heterocycles. The highest BCUT2D eigenvalue weighted by atomic mass is 16.1. The van der Waals surface area contributed by atoms with Crippen LogP contribution in [0.15, 0.2) is 11.8 Å². The Labute approximate surface area is 55.7 Å². The summed E-state index contributed by atoms with van der Waals surface area (Å²) in [6.45, 7) is 5.97. The molecule has 0 unspecified atom stereocenters. The minimum Gasteiger partial charge on any atom is -0.396 e. The Morgan fingerprint density at radius 3 is 2.00 bits per heavy atom. The van der Waals surface area contributed by atoms with Gasteiger partial charge in [-0.1, -0.05) is 26.8 Å². The molecule has 0 aliphatic carbocycles.